The molecule has 3 aromatic carbocycles. The maximum atomic E-state index is 13.0. The minimum atomic E-state index is -0.268. The number of aromatic nitrogens is 4. The first-order chi connectivity index (χ1) is 16.4. The smallest absolute Gasteiger partial charge is 0.258 e. The van der Waals surface area contributed by atoms with Gasteiger partial charge in [0, 0.05) is 27.7 Å². The number of aryl methyl sites for hydroxylation is 2. The lowest BCUT2D eigenvalue weighted by Crippen LogP contribution is -2.34. The number of hydrogen-bond acceptors (Lipinski definition) is 6. The zero-order valence-electron chi connectivity index (χ0n) is 18.3. The highest BCUT2D eigenvalue weighted by molar-refractivity contribution is 9.10. The fourth-order valence-corrected chi connectivity index (χ4v) is 5.23. The average molecular weight is 551 g/mol. The van der Waals surface area contributed by atoms with Gasteiger partial charge in [-0.05, 0) is 53.7 Å². The van der Waals surface area contributed by atoms with Crippen molar-refractivity contribution < 1.29 is 4.79 Å². The molecule has 5 rings (SSSR count). The number of benzene rings is 3. The van der Waals surface area contributed by atoms with Crippen molar-refractivity contribution in [2.75, 3.05) is 5.32 Å². The molecule has 0 radical (unpaired) electrons. The predicted octanol–water partition coefficient (Wildman–Crippen LogP) is 5.77. The van der Waals surface area contributed by atoms with Crippen LogP contribution >= 0.6 is 39.5 Å². The Morgan fingerprint density at radius 3 is 2.74 bits per heavy atom. The van der Waals surface area contributed by atoms with Crippen LogP contribution in [0.5, 0.6) is 0 Å². The van der Waals surface area contributed by atoms with Gasteiger partial charge in [0.1, 0.15) is 5.01 Å². The molecule has 0 aliphatic heterocycles. The van der Waals surface area contributed by atoms with Crippen LogP contribution in [0.15, 0.2) is 59.1 Å². The molecule has 0 spiro atoms. The number of nitrogens with zero attached hydrogens (tertiary/aromatic N) is 4. The van der Waals surface area contributed by atoms with Crippen LogP contribution < -0.4 is 10.6 Å². The van der Waals surface area contributed by atoms with Crippen LogP contribution in [0, 0.1) is 6.92 Å². The molecule has 0 fully saturated rings. The summed E-state index contributed by atoms with van der Waals surface area (Å²) in [5.41, 5.74) is 3.27. The summed E-state index contributed by atoms with van der Waals surface area (Å²) in [6.07, 6.45) is 0.757. The number of carbonyl (C=O) groups is 1. The SMILES string of the molecule is CCc1nnc2sc(-c3ccc(C)c(NC(=S)NC(=O)c4cccc5c(Br)cccc45)c3)nn12. The van der Waals surface area contributed by atoms with Gasteiger partial charge in [-0.3, -0.25) is 10.1 Å². The average Bonchev–Trinajstić information content (AvgIpc) is 3.41. The van der Waals surface area contributed by atoms with Crippen LogP contribution in [0.3, 0.4) is 0 Å². The number of nitrogens with one attached hydrogen (secondary N) is 2. The van der Waals surface area contributed by atoms with Gasteiger partial charge in [-0.25, -0.2) is 0 Å². The molecule has 0 saturated carbocycles. The lowest BCUT2D eigenvalue weighted by Gasteiger charge is -2.13. The van der Waals surface area contributed by atoms with Gasteiger partial charge in [0.25, 0.3) is 5.91 Å². The van der Waals surface area contributed by atoms with Crippen molar-refractivity contribution in [1.29, 1.82) is 0 Å². The van der Waals surface area contributed by atoms with E-state index < -0.39 is 0 Å². The third-order valence-corrected chi connectivity index (χ3v) is 7.29. The van der Waals surface area contributed by atoms with Crippen LogP contribution in [0.1, 0.15) is 28.7 Å². The van der Waals surface area contributed by atoms with Gasteiger partial charge in [0.15, 0.2) is 10.9 Å². The van der Waals surface area contributed by atoms with Gasteiger partial charge >= 0.3 is 0 Å². The molecular weight excluding hydrogens is 532 g/mol. The number of hydrogen-bond donors (Lipinski definition) is 2. The summed E-state index contributed by atoms with van der Waals surface area (Å²) < 4.78 is 2.71. The number of rotatable bonds is 4. The molecule has 2 aromatic heterocycles. The first-order valence-corrected chi connectivity index (χ1v) is 12.6. The molecule has 2 heterocycles. The number of fused-ring (bicyclic) bond motifs is 2. The molecule has 0 unspecified atom stereocenters. The molecule has 1 amide bonds. The van der Waals surface area contributed by atoms with E-state index >= 15 is 0 Å². The Bertz CT molecular complexity index is 1570. The van der Waals surface area contributed by atoms with Gasteiger partial charge in [0.05, 0.1) is 0 Å². The van der Waals surface area contributed by atoms with Crippen molar-refractivity contribution in [2.24, 2.45) is 0 Å². The second-order valence-electron chi connectivity index (χ2n) is 7.65. The summed E-state index contributed by atoms with van der Waals surface area (Å²) in [6, 6.07) is 17.4. The van der Waals surface area contributed by atoms with Crippen LogP contribution in [0.25, 0.3) is 26.3 Å². The molecule has 34 heavy (non-hydrogen) atoms. The first kappa shape index (κ1) is 22.6. The molecule has 170 valence electrons. The molecule has 0 bridgehead atoms. The van der Waals surface area contributed by atoms with Gasteiger partial charge < -0.3 is 5.32 Å². The fraction of sp³-hybridized carbons (Fsp3) is 0.125. The monoisotopic (exact) mass is 550 g/mol. The van der Waals surface area contributed by atoms with E-state index in [9.17, 15) is 4.79 Å². The lowest BCUT2D eigenvalue weighted by molar-refractivity contribution is 0.0979. The normalized spacial score (nSPS) is 11.1. The van der Waals surface area contributed by atoms with Gasteiger partial charge in [-0.15, -0.1) is 10.2 Å². The minimum absolute atomic E-state index is 0.226. The van der Waals surface area contributed by atoms with Gasteiger partial charge in [-0.1, -0.05) is 70.6 Å². The second kappa shape index (κ2) is 9.21. The first-order valence-electron chi connectivity index (χ1n) is 10.6. The molecule has 0 saturated heterocycles. The van der Waals surface area contributed by atoms with Crippen LogP contribution in [-0.4, -0.2) is 30.8 Å². The van der Waals surface area contributed by atoms with Crippen molar-refractivity contribution in [1.82, 2.24) is 25.1 Å². The molecule has 7 nitrogen and oxygen atoms in total. The Labute approximate surface area is 213 Å². The standard InChI is InChI=1S/C24H19BrN6OS2/c1-3-20-28-29-24-31(20)30-22(34-24)14-11-10-13(2)19(12-14)26-23(33)27-21(32)17-8-4-7-16-15(17)6-5-9-18(16)25/h4-12H,3H2,1-2H3,(H2,26,27,32,33). The Kier molecular flexibility index (Phi) is 6.11. The summed E-state index contributed by atoms with van der Waals surface area (Å²) >= 11 is 10.5. The maximum Gasteiger partial charge on any atom is 0.258 e. The van der Waals surface area contributed by atoms with E-state index in [1.807, 2.05) is 62.4 Å². The predicted molar refractivity (Wildman–Crippen MR) is 144 cm³/mol. The molecule has 5 aromatic rings. The minimum Gasteiger partial charge on any atom is -0.332 e. The van der Waals surface area contributed by atoms with E-state index in [0.29, 0.717) is 5.56 Å². The Morgan fingerprint density at radius 1 is 1.12 bits per heavy atom. The van der Waals surface area contributed by atoms with Crippen molar-refractivity contribution >= 4 is 71.9 Å². The summed E-state index contributed by atoms with van der Waals surface area (Å²) in [6.45, 7) is 4.00. The lowest BCUT2D eigenvalue weighted by atomic mass is 10.0. The Hall–Kier alpha value is -3.21. The fourth-order valence-electron chi connectivity index (χ4n) is 3.68. The molecular formula is C24H19BrN6OS2. The van der Waals surface area contributed by atoms with Gasteiger partial charge in [0.2, 0.25) is 4.96 Å². The van der Waals surface area contributed by atoms with Crippen molar-refractivity contribution in [3.05, 3.63) is 76.0 Å². The van der Waals surface area contributed by atoms with Gasteiger partial charge in [-0.2, -0.15) is 9.61 Å². The van der Waals surface area contributed by atoms with Crippen LogP contribution in [0.4, 0.5) is 5.69 Å². The third kappa shape index (κ3) is 4.20. The molecule has 0 aliphatic rings. The van der Waals surface area contributed by atoms with E-state index in [4.69, 9.17) is 12.2 Å². The van der Waals surface area contributed by atoms with Crippen molar-refractivity contribution in [2.45, 2.75) is 20.3 Å². The van der Waals surface area contributed by atoms with Crippen LogP contribution in [0.2, 0.25) is 0 Å². The van der Waals surface area contributed by atoms with E-state index in [-0.39, 0.29) is 11.0 Å². The molecule has 0 atom stereocenters. The van der Waals surface area contributed by atoms with Crippen molar-refractivity contribution in [3.8, 4) is 10.6 Å². The zero-order chi connectivity index (χ0) is 23.8. The summed E-state index contributed by atoms with van der Waals surface area (Å²) in [7, 11) is 0. The van der Waals surface area contributed by atoms with Crippen molar-refractivity contribution in [3.63, 3.8) is 0 Å². The number of amides is 1. The molecule has 0 aliphatic carbocycles. The van der Waals surface area contributed by atoms with Crippen LogP contribution in [-0.2, 0) is 6.42 Å². The van der Waals surface area contributed by atoms with E-state index in [2.05, 4.69) is 41.9 Å². The maximum absolute atomic E-state index is 13.0. The van der Waals surface area contributed by atoms with E-state index in [0.717, 1.165) is 54.3 Å². The Morgan fingerprint density at radius 2 is 1.91 bits per heavy atom. The summed E-state index contributed by atoms with van der Waals surface area (Å²) in [5, 5.41) is 21.8. The summed E-state index contributed by atoms with van der Waals surface area (Å²) in [4.78, 5) is 13.8. The highest BCUT2D eigenvalue weighted by atomic mass is 79.9. The largest absolute Gasteiger partial charge is 0.332 e. The van der Waals surface area contributed by atoms with E-state index in [1.54, 1.807) is 10.6 Å². The highest BCUT2D eigenvalue weighted by Gasteiger charge is 2.15. The third-order valence-electron chi connectivity index (χ3n) is 5.44. The van der Waals surface area contributed by atoms with E-state index in [1.165, 1.54) is 11.3 Å². The number of thiocarbonyl (C=S) groups is 1. The number of carbonyl (C=O) groups excluding carboxylic acids is 1. The molecule has 2 N–H and O–H groups in total. The number of halogens is 1. The second-order valence-corrected chi connectivity index (χ2v) is 9.87. The molecule has 10 heteroatoms. The topological polar surface area (TPSA) is 84.2 Å². The summed E-state index contributed by atoms with van der Waals surface area (Å²) in [5.74, 6) is 0.558. The zero-order valence-corrected chi connectivity index (χ0v) is 21.5. The number of anilines is 1. The highest BCUT2D eigenvalue weighted by Crippen LogP contribution is 2.30. The quantitative estimate of drug-likeness (QED) is 0.276. The Balaban J connectivity index is 1.37.